The minimum atomic E-state index is -0.328. The van der Waals surface area contributed by atoms with E-state index in [0.29, 0.717) is 12.0 Å². The number of piperidine rings is 1. The largest absolute Gasteiger partial charge is 0.396 e. The van der Waals surface area contributed by atoms with Gasteiger partial charge in [-0.2, -0.15) is 0 Å². The van der Waals surface area contributed by atoms with E-state index in [1.807, 2.05) is 20.8 Å². The van der Waals surface area contributed by atoms with E-state index >= 15 is 0 Å². The Kier molecular flexibility index (Phi) is 5.89. The van der Waals surface area contributed by atoms with Crippen LogP contribution in [0.5, 0.6) is 0 Å². The van der Waals surface area contributed by atoms with Gasteiger partial charge in [-0.25, -0.2) is 0 Å². The van der Waals surface area contributed by atoms with E-state index in [1.54, 1.807) is 0 Å². The maximum absolute atomic E-state index is 12.3. The van der Waals surface area contributed by atoms with Gasteiger partial charge < -0.3 is 10.4 Å². The highest BCUT2D eigenvalue weighted by Gasteiger charge is 2.37. The summed E-state index contributed by atoms with van der Waals surface area (Å²) in [6.45, 7) is 10.6. The maximum Gasteiger partial charge on any atom is 0.225 e. The average molecular weight is 310 g/mol. The molecular weight excluding hydrogens is 276 g/mol. The number of nitrogens with zero attached hydrogens (tertiary/aromatic N) is 1. The zero-order chi connectivity index (χ0) is 16.3. The second kappa shape index (κ2) is 7.31. The first-order valence-corrected chi connectivity index (χ1v) is 8.97. The van der Waals surface area contributed by atoms with Gasteiger partial charge in [0, 0.05) is 37.2 Å². The average Bonchev–Trinajstić information content (AvgIpc) is 3.27. The van der Waals surface area contributed by atoms with E-state index < -0.39 is 0 Å². The molecule has 2 fully saturated rings. The van der Waals surface area contributed by atoms with Crippen LogP contribution < -0.4 is 5.32 Å². The number of amides is 1. The monoisotopic (exact) mass is 310 g/mol. The summed E-state index contributed by atoms with van der Waals surface area (Å²) in [7, 11) is 0. The molecule has 1 heterocycles. The van der Waals surface area contributed by atoms with Crippen LogP contribution in [0.25, 0.3) is 0 Å². The van der Waals surface area contributed by atoms with Gasteiger partial charge in [0.25, 0.3) is 0 Å². The number of aliphatic hydroxyl groups excluding tert-OH is 1. The Bertz CT molecular complexity index is 374. The van der Waals surface area contributed by atoms with Crippen molar-refractivity contribution in [2.24, 2.45) is 17.3 Å². The Morgan fingerprint density at radius 2 is 2.00 bits per heavy atom. The van der Waals surface area contributed by atoms with Crippen LogP contribution >= 0.6 is 0 Å². The number of hydrogen-bond acceptors (Lipinski definition) is 3. The number of nitrogens with one attached hydrogen (secondary N) is 1. The summed E-state index contributed by atoms with van der Waals surface area (Å²) in [5, 5.41) is 12.4. The lowest BCUT2D eigenvalue weighted by atomic mass is 9.88. The van der Waals surface area contributed by atoms with Crippen molar-refractivity contribution in [3.63, 3.8) is 0 Å². The molecule has 1 aliphatic carbocycles. The Labute approximate surface area is 135 Å². The van der Waals surface area contributed by atoms with Gasteiger partial charge in [-0.3, -0.25) is 9.69 Å². The van der Waals surface area contributed by atoms with Crippen LogP contribution in [0.4, 0.5) is 0 Å². The molecule has 2 aliphatic rings. The predicted octanol–water partition coefficient (Wildman–Crippen LogP) is 2.41. The summed E-state index contributed by atoms with van der Waals surface area (Å²) >= 11 is 0. The third-order valence-electron chi connectivity index (χ3n) is 5.23. The fourth-order valence-corrected chi connectivity index (χ4v) is 3.55. The number of carbonyl (C=O) groups excluding carboxylic acids is 1. The van der Waals surface area contributed by atoms with Crippen LogP contribution in [-0.4, -0.2) is 47.7 Å². The number of likely N-dealkylation sites (tertiary alicyclic amines) is 1. The Balaban J connectivity index is 1.96. The highest BCUT2D eigenvalue weighted by molar-refractivity contribution is 5.81. The van der Waals surface area contributed by atoms with Gasteiger partial charge in [-0.15, -0.1) is 0 Å². The normalized spacial score (nSPS) is 28.4. The first-order chi connectivity index (χ1) is 10.3. The van der Waals surface area contributed by atoms with Gasteiger partial charge >= 0.3 is 0 Å². The standard InChI is InChI=1S/C18H34N2O2/c1-13(15-7-8-15)20-11-14(6-5-9-21)10-16(12-20)19-17(22)18(2,3)4/h13-16,21H,5-12H2,1-4H3,(H,19,22). The number of hydrogen-bond donors (Lipinski definition) is 2. The molecule has 22 heavy (non-hydrogen) atoms. The quantitative estimate of drug-likeness (QED) is 0.792. The van der Waals surface area contributed by atoms with E-state index in [-0.39, 0.29) is 24.0 Å². The van der Waals surface area contributed by atoms with E-state index in [0.717, 1.165) is 38.3 Å². The molecule has 0 bridgehead atoms. The first-order valence-electron chi connectivity index (χ1n) is 8.97. The summed E-state index contributed by atoms with van der Waals surface area (Å²) in [5.41, 5.74) is -0.328. The highest BCUT2D eigenvalue weighted by atomic mass is 16.2. The van der Waals surface area contributed by atoms with Gasteiger partial charge in [-0.05, 0) is 50.9 Å². The lowest BCUT2D eigenvalue weighted by molar-refractivity contribution is -0.129. The van der Waals surface area contributed by atoms with Crippen molar-refractivity contribution in [1.82, 2.24) is 10.2 Å². The van der Waals surface area contributed by atoms with E-state index in [1.165, 1.54) is 12.8 Å². The molecule has 1 amide bonds. The van der Waals surface area contributed by atoms with Crippen molar-refractivity contribution in [2.75, 3.05) is 19.7 Å². The lowest BCUT2D eigenvalue weighted by Gasteiger charge is -2.42. The molecule has 4 nitrogen and oxygen atoms in total. The van der Waals surface area contributed by atoms with Crippen molar-refractivity contribution in [3.05, 3.63) is 0 Å². The fourth-order valence-electron chi connectivity index (χ4n) is 3.55. The molecule has 0 spiro atoms. The van der Waals surface area contributed by atoms with Gasteiger partial charge in [0.2, 0.25) is 5.91 Å². The molecule has 0 aromatic carbocycles. The molecule has 0 aromatic heterocycles. The molecule has 3 atom stereocenters. The van der Waals surface area contributed by atoms with Gasteiger partial charge in [-0.1, -0.05) is 20.8 Å². The molecule has 2 N–H and O–H groups in total. The zero-order valence-electron chi connectivity index (χ0n) is 14.8. The number of rotatable bonds is 6. The Morgan fingerprint density at radius 1 is 1.32 bits per heavy atom. The Morgan fingerprint density at radius 3 is 2.55 bits per heavy atom. The van der Waals surface area contributed by atoms with Crippen LogP contribution in [0.15, 0.2) is 0 Å². The molecule has 2 rings (SSSR count). The third kappa shape index (κ3) is 4.95. The molecule has 4 heteroatoms. The van der Waals surface area contributed by atoms with E-state index in [2.05, 4.69) is 17.1 Å². The predicted molar refractivity (Wildman–Crippen MR) is 89.6 cm³/mol. The van der Waals surface area contributed by atoms with Crippen LogP contribution in [-0.2, 0) is 4.79 Å². The fraction of sp³-hybridized carbons (Fsp3) is 0.944. The van der Waals surface area contributed by atoms with Gasteiger partial charge in [0.1, 0.15) is 0 Å². The topological polar surface area (TPSA) is 52.6 Å². The minimum absolute atomic E-state index is 0.152. The van der Waals surface area contributed by atoms with Gasteiger partial charge in [0.05, 0.1) is 0 Å². The molecule has 0 aromatic rings. The summed E-state index contributed by atoms with van der Waals surface area (Å²) in [6.07, 6.45) is 5.70. The lowest BCUT2D eigenvalue weighted by Crippen LogP contribution is -2.55. The Hall–Kier alpha value is -0.610. The molecule has 1 aliphatic heterocycles. The summed E-state index contributed by atoms with van der Waals surface area (Å²) in [6, 6.07) is 0.885. The van der Waals surface area contributed by atoms with Crippen molar-refractivity contribution in [2.45, 2.75) is 71.9 Å². The number of carbonyl (C=O) groups is 1. The highest BCUT2D eigenvalue weighted by Crippen LogP contribution is 2.37. The van der Waals surface area contributed by atoms with Crippen LogP contribution in [0.1, 0.15) is 59.8 Å². The maximum atomic E-state index is 12.3. The summed E-state index contributed by atoms with van der Waals surface area (Å²) in [4.78, 5) is 14.9. The van der Waals surface area contributed by atoms with Crippen LogP contribution in [0.2, 0.25) is 0 Å². The summed E-state index contributed by atoms with van der Waals surface area (Å²) in [5.74, 6) is 1.60. The molecular formula is C18H34N2O2. The molecule has 1 saturated carbocycles. The van der Waals surface area contributed by atoms with Gasteiger partial charge in [0.15, 0.2) is 0 Å². The first kappa shape index (κ1) is 17.7. The van der Waals surface area contributed by atoms with Crippen LogP contribution in [0.3, 0.4) is 0 Å². The zero-order valence-corrected chi connectivity index (χ0v) is 14.8. The molecule has 1 saturated heterocycles. The second-order valence-electron chi connectivity index (χ2n) is 8.42. The molecule has 0 radical (unpaired) electrons. The van der Waals surface area contributed by atoms with E-state index in [4.69, 9.17) is 5.11 Å². The van der Waals surface area contributed by atoms with Crippen molar-refractivity contribution in [1.29, 1.82) is 0 Å². The number of aliphatic hydroxyl groups is 1. The minimum Gasteiger partial charge on any atom is -0.396 e. The molecule has 128 valence electrons. The summed E-state index contributed by atoms with van der Waals surface area (Å²) < 4.78 is 0. The SMILES string of the molecule is CC(C1CC1)N1CC(CCCO)CC(NC(=O)C(C)(C)C)C1. The van der Waals surface area contributed by atoms with Crippen molar-refractivity contribution in [3.8, 4) is 0 Å². The van der Waals surface area contributed by atoms with E-state index in [9.17, 15) is 4.79 Å². The molecule has 3 unspecified atom stereocenters. The second-order valence-corrected chi connectivity index (χ2v) is 8.42. The third-order valence-corrected chi connectivity index (χ3v) is 5.23. The van der Waals surface area contributed by atoms with Crippen LogP contribution in [0, 0.1) is 17.3 Å². The van der Waals surface area contributed by atoms with Crippen molar-refractivity contribution >= 4 is 5.91 Å². The smallest absolute Gasteiger partial charge is 0.225 e. The van der Waals surface area contributed by atoms with Crippen molar-refractivity contribution < 1.29 is 9.90 Å².